The van der Waals surface area contributed by atoms with E-state index in [1.165, 1.54) is 0 Å². The first-order chi connectivity index (χ1) is 9.82. The van der Waals surface area contributed by atoms with Gasteiger partial charge in [0.05, 0.1) is 11.6 Å². The van der Waals surface area contributed by atoms with Crippen LogP contribution >= 0.6 is 0 Å². The third kappa shape index (κ3) is 3.38. The maximum Gasteiger partial charge on any atom is 0.419 e. The summed E-state index contributed by atoms with van der Waals surface area (Å²) in [5, 5.41) is 3.64. The van der Waals surface area contributed by atoms with Crippen LogP contribution < -0.4 is 5.73 Å². The largest absolute Gasteiger partial charge is 0.419 e. The average Bonchev–Trinajstić information content (AvgIpc) is 2.88. The second-order valence-electron chi connectivity index (χ2n) is 4.55. The number of nitrogens with zero attached hydrogens (tertiary/aromatic N) is 2. The Labute approximate surface area is 118 Å². The summed E-state index contributed by atoms with van der Waals surface area (Å²) < 4.78 is 56.1. The van der Waals surface area contributed by atoms with E-state index in [-0.39, 0.29) is 17.3 Å². The van der Waals surface area contributed by atoms with Crippen LogP contribution in [0.3, 0.4) is 0 Å². The minimum atomic E-state index is -4.79. The monoisotopic (exact) mass is 303 g/mol. The lowest BCUT2D eigenvalue weighted by molar-refractivity contribution is -0.139. The van der Waals surface area contributed by atoms with Crippen molar-refractivity contribution in [1.82, 2.24) is 10.1 Å². The van der Waals surface area contributed by atoms with Gasteiger partial charge in [-0.05, 0) is 24.6 Å². The fourth-order valence-corrected chi connectivity index (χ4v) is 1.82. The van der Waals surface area contributed by atoms with Crippen LogP contribution in [0.1, 0.15) is 37.2 Å². The molecule has 4 nitrogen and oxygen atoms in total. The Hall–Kier alpha value is -1.96. The molecule has 0 saturated carbocycles. The Bertz CT molecular complexity index is 624. The molecule has 1 atom stereocenters. The van der Waals surface area contributed by atoms with Crippen LogP contribution in [0, 0.1) is 5.82 Å². The first kappa shape index (κ1) is 15.4. The van der Waals surface area contributed by atoms with Crippen LogP contribution in [0.2, 0.25) is 0 Å². The molecule has 0 amide bonds. The number of aromatic nitrogens is 2. The molecule has 8 heteroatoms. The standard InChI is InChI=1S/C13H13F4N3O/c1-2-3-10(18)11-19-12(21-20-11)7-4-5-9(14)8(6-7)13(15,16)17/h4-6,10H,2-3,18H2,1H3. The van der Waals surface area contributed by atoms with Crippen molar-refractivity contribution in [3.05, 3.63) is 35.4 Å². The minimum absolute atomic E-state index is 0.00817. The van der Waals surface area contributed by atoms with E-state index in [0.29, 0.717) is 18.6 Å². The second kappa shape index (κ2) is 5.80. The molecule has 1 aromatic heterocycles. The van der Waals surface area contributed by atoms with Gasteiger partial charge in [0.2, 0.25) is 0 Å². The third-order valence-corrected chi connectivity index (χ3v) is 2.89. The molecule has 2 rings (SSSR count). The molecule has 0 saturated heterocycles. The first-order valence-electron chi connectivity index (χ1n) is 6.29. The summed E-state index contributed by atoms with van der Waals surface area (Å²) in [6.45, 7) is 1.93. The second-order valence-corrected chi connectivity index (χ2v) is 4.55. The van der Waals surface area contributed by atoms with E-state index in [1.54, 1.807) is 0 Å². The summed E-state index contributed by atoms with van der Waals surface area (Å²) in [5.41, 5.74) is 4.41. The smallest absolute Gasteiger partial charge is 0.334 e. The Morgan fingerprint density at radius 3 is 2.67 bits per heavy atom. The SMILES string of the molecule is CCCC(N)c1noc(-c2ccc(F)c(C(F)(F)F)c2)n1. The van der Waals surface area contributed by atoms with E-state index < -0.39 is 23.6 Å². The quantitative estimate of drug-likeness (QED) is 0.875. The van der Waals surface area contributed by atoms with Gasteiger partial charge in [-0.2, -0.15) is 18.2 Å². The number of alkyl halides is 3. The zero-order valence-corrected chi connectivity index (χ0v) is 11.1. The Morgan fingerprint density at radius 1 is 1.33 bits per heavy atom. The highest BCUT2D eigenvalue weighted by Gasteiger charge is 2.34. The van der Waals surface area contributed by atoms with Crippen molar-refractivity contribution in [2.24, 2.45) is 5.73 Å². The molecule has 0 aliphatic carbocycles. The fraction of sp³-hybridized carbons (Fsp3) is 0.385. The van der Waals surface area contributed by atoms with Gasteiger partial charge in [-0.1, -0.05) is 18.5 Å². The van der Waals surface area contributed by atoms with Crippen molar-refractivity contribution in [2.45, 2.75) is 32.0 Å². The van der Waals surface area contributed by atoms with Crippen molar-refractivity contribution in [1.29, 1.82) is 0 Å². The molecule has 0 radical (unpaired) electrons. The van der Waals surface area contributed by atoms with Crippen LogP contribution in [0.4, 0.5) is 17.6 Å². The summed E-state index contributed by atoms with van der Waals surface area (Å²) >= 11 is 0. The van der Waals surface area contributed by atoms with Gasteiger partial charge in [-0.3, -0.25) is 0 Å². The van der Waals surface area contributed by atoms with Crippen molar-refractivity contribution < 1.29 is 22.1 Å². The van der Waals surface area contributed by atoms with Crippen molar-refractivity contribution in [3.63, 3.8) is 0 Å². The molecule has 1 unspecified atom stereocenters. The lowest BCUT2D eigenvalue weighted by Gasteiger charge is -2.08. The number of halogens is 4. The van der Waals surface area contributed by atoms with Gasteiger partial charge in [0.15, 0.2) is 5.82 Å². The van der Waals surface area contributed by atoms with Crippen LogP contribution in [-0.2, 0) is 6.18 Å². The Morgan fingerprint density at radius 2 is 2.05 bits per heavy atom. The fourth-order valence-electron chi connectivity index (χ4n) is 1.82. The summed E-state index contributed by atoms with van der Waals surface area (Å²) in [6, 6.07) is 2.05. The zero-order valence-electron chi connectivity index (χ0n) is 11.1. The molecule has 0 fully saturated rings. The van der Waals surface area contributed by atoms with E-state index in [4.69, 9.17) is 10.3 Å². The van der Waals surface area contributed by atoms with Gasteiger partial charge in [0, 0.05) is 5.56 Å². The Kier molecular flexibility index (Phi) is 4.26. The molecule has 0 spiro atoms. The summed E-state index contributed by atoms with van der Waals surface area (Å²) in [4.78, 5) is 3.96. The van der Waals surface area contributed by atoms with Crippen LogP contribution in [-0.4, -0.2) is 10.1 Å². The molecule has 0 aliphatic heterocycles. The number of benzene rings is 1. The lowest BCUT2D eigenvalue weighted by Crippen LogP contribution is -2.11. The van der Waals surface area contributed by atoms with Crippen LogP contribution in [0.15, 0.2) is 22.7 Å². The molecule has 1 heterocycles. The van der Waals surface area contributed by atoms with Crippen molar-refractivity contribution >= 4 is 0 Å². The topological polar surface area (TPSA) is 64.9 Å². The van der Waals surface area contributed by atoms with E-state index in [1.807, 2.05) is 6.92 Å². The Balaban J connectivity index is 2.35. The van der Waals surface area contributed by atoms with Crippen molar-refractivity contribution in [3.8, 4) is 11.5 Å². The van der Waals surface area contributed by atoms with E-state index in [2.05, 4.69) is 10.1 Å². The average molecular weight is 303 g/mol. The van der Waals surface area contributed by atoms with Gasteiger partial charge in [-0.15, -0.1) is 0 Å². The molecule has 2 aromatic rings. The number of hydrogen-bond donors (Lipinski definition) is 1. The first-order valence-corrected chi connectivity index (χ1v) is 6.29. The highest BCUT2D eigenvalue weighted by atomic mass is 19.4. The number of hydrogen-bond acceptors (Lipinski definition) is 4. The van der Waals surface area contributed by atoms with Crippen LogP contribution in [0.5, 0.6) is 0 Å². The third-order valence-electron chi connectivity index (χ3n) is 2.89. The zero-order chi connectivity index (χ0) is 15.6. The van der Waals surface area contributed by atoms with Gasteiger partial charge < -0.3 is 10.3 Å². The molecular weight excluding hydrogens is 290 g/mol. The predicted molar refractivity (Wildman–Crippen MR) is 66.5 cm³/mol. The highest BCUT2D eigenvalue weighted by Crippen LogP contribution is 2.34. The summed E-state index contributed by atoms with van der Waals surface area (Å²) in [5.74, 6) is -1.26. The molecule has 114 valence electrons. The van der Waals surface area contributed by atoms with E-state index in [0.717, 1.165) is 12.5 Å². The summed E-state index contributed by atoms with van der Waals surface area (Å²) in [6.07, 6.45) is -3.36. The van der Waals surface area contributed by atoms with Gasteiger partial charge >= 0.3 is 6.18 Å². The molecular formula is C13H13F4N3O. The van der Waals surface area contributed by atoms with Gasteiger partial charge in [0.25, 0.3) is 5.89 Å². The van der Waals surface area contributed by atoms with E-state index >= 15 is 0 Å². The number of nitrogens with two attached hydrogens (primary N) is 1. The maximum atomic E-state index is 13.2. The molecule has 21 heavy (non-hydrogen) atoms. The molecule has 0 bridgehead atoms. The lowest BCUT2D eigenvalue weighted by atomic mass is 10.1. The van der Waals surface area contributed by atoms with Gasteiger partial charge in [0.1, 0.15) is 5.82 Å². The molecule has 0 aliphatic rings. The minimum Gasteiger partial charge on any atom is -0.334 e. The molecule has 1 aromatic carbocycles. The molecule has 2 N–H and O–H groups in total. The number of rotatable bonds is 4. The normalized spacial score (nSPS) is 13.4. The van der Waals surface area contributed by atoms with Gasteiger partial charge in [-0.25, -0.2) is 4.39 Å². The summed E-state index contributed by atoms with van der Waals surface area (Å²) in [7, 11) is 0. The predicted octanol–water partition coefficient (Wildman–Crippen LogP) is 3.69. The van der Waals surface area contributed by atoms with E-state index in [9.17, 15) is 17.6 Å². The maximum absolute atomic E-state index is 13.2. The van der Waals surface area contributed by atoms with Crippen LogP contribution in [0.25, 0.3) is 11.5 Å². The highest BCUT2D eigenvalue weighted by molar-refractivity contribution is 5.54. The van der Waals surface area contributed by atoms with Crippen molar-refractivity contribution in [2.75, 3.05) is 0 Å².